The van der Waals surface area contributed by atoms with Crippen LogP contribution in [0.3, 0.4) is 0 Å². The van der Waals surface area contributed by atoms with Gasteiger partial charge in [-0.05, 0) is 62.1 Å². The number of amides is 1. The SMILES string of the molecule is COc1ccc(S(=O)(=O)N2CCCC2C(=O)N2CCN(c3nc4c(C)ccc(C)c4s3)CC2)cc1. The molecule has 3 aromatic rings. The van der Waals surface area contributed by atoms with Gasteiger partial charge in [0.25, 0.3) is 0 Å². The minimum atomic E-state index is -3.76. The number of nitrogens with zero attached hydrogens (tertiary/aromatic N) is 4. The van der Waals surface area contributed by atoms with Crippen LogP contribution in [-0.4, -0.2) is 74.4 Å². The molecular formula is C25H30N4O4S2. The van der Waals surface area contributed by atoms with Gasteiger partial charge in [0, 0.05) is 32.7 Å². The van der Waals surface area contributed by atoms with E-state index in [4.69, 9.17) is 9.72 Å². The average Bonchev–Trinajstić information content (AvgIpc) is 3.55. The Morgan fingerprint density at radius 1 is 1.00 bits per heavy atom. The van der Waals surface area contributed by atoms with Gasteiger partial charge in [-0.25, -0.2) is 13.4 Å². The average molecular weight is 515 g/mol. The summed E-state index contributed by atoms with van der Waals surface area (Å²) in [5.41, 5.74) is 3.44. The molecule has 2 aliphatic rings. The maximum Gasteiger partial charge on any atom is 0.243 e. The molecule has 0 spiro atoms. The number of methoxy groups -OCH3 is 1. The van der Waals surface area contributed by atoms with Crippen LogP contribution in [0, 0.1) is 13.8 Å². The molecule has 1 aromatic heterocycles. The molecule has 0 aliphatic carbocycles. The summed E-state index contributed by atoms with van der Waals surface area (Å²) < 4.78 is 34.3. The lowest BCUT2D eigenvalue weighted by Crippen LogP contribution is -2.54. The van der Waals surface area contributed by atoms with Crippen molar-refractivity contribution in [2.75, 3.05) is 44.7 Å². The monoisotopic (exact) mass is 514 g/mol. The van der Waals surface area contributed by atoms with Crippen LogP contribution in [0.2, 0.25) is 0 Å². The van der Waals surface area contributed by atoms with Gasteiger partial charge in [0.15, 0.2) is 5.13 Å². The minimum Gasteiger partial charge on any atom is -0.497 e. The molecule has 2 fully saturated rings. The van der Waals surface area contributed by atoms with E-state index in [1.54, 1.807) is 23.5 Å². The summed E-state index contributed by atoms with van der Waals surface area (Å²) in [6.07, 6.45) is 1.22. The number of piperazine rings is 1. The van der Waals surface area contributed by atoms with Gasteiger partial charge in [-0.1, -0.05) is 23.5 Å². The minimum absolute atomic E-state index is 0.102. The first kappa shape index (κ1) is 24.0. The van der Waals surface area contributed by atoms with Gasteiger partial charge in [-0.2, -0.15) is 4.31 Å². The first-order valence-corrected chi connectivity index (χ1v) is 14.1. The summed E-state index contributed by atoms with van der Waals surface area (Å²) in [7, 11) is -2.22. The molecular weight excluding hydrogens is 484 g/mol. The van der Waals surface area contributed by atoms with Gasteiger partial charge in [0.1, 0.15) is 11.8 Å². The topological polar surface area (TPSA) is 83.0 Å². The van der Waals surface area contributed by atoms with Crippen LogP contribution in [0.25, 0.3) is 10.2 Å². The molecule has 0 radical (unpaired) electrons. The first-order chi connectivity index (χ1) is 16.8. The van der Waals surface area contributed by atoms with Crippen molar-refractivity contribution >= 4 is 42.6 Å². The highest BCUT2D eigenvalue weighted by atomic mass is 32.2. The number of fused-ring (bicyclic) bond motifs is 1. The van der Waals surface area contributed by atoms with Gasteiger partial charge >= 0.3 is 0 Å². The van der Waals surface area contributed by atoms with E-state index in [-0.39, 0.29) is 10.8 Å². The number of hydrogen-bond donors (Lipinski definition) is 0. The zero-order valence-corrected chi connectivity index (χ0v) is 21.9. The van der Waals surface area contributed by atoms with Crippen molar-refractivity contribution in [3.05, 3.63) is 47.5 Å². The van der Waals surface area contributed by atoms with Crippen LogP contribution in [0.1, 0.15) is 24.0 Å². The molecule has 2 aliphatic heterocycles. The summed E-state index contributed by atoms with van der Waals surface area (Å²) in [4.78, 5) is 22.5. The number of anilines is 1. The number of aromatic nitrogens is 1. The van der Waals surface area contributed by atoms with E-state index in [0.29, 0.717) is 51.3 Å². The van der Waals surface area contributed by atoms with Crippen LogP contribution in [0.4, 0.5) is 5.13 Å². The Balaban J connectivity index is 1.28. The predicted octanol–water partition coefficient (Wildman–Crippen LogP) is 3.42. The summed E-state index contributed by atoms with van der Waals surface area (Å²) in [6.45, 7) is 7.01. The molecule has 1 unspecified atom stereocenters. The maximum atomic E-state index is 13.4. The summed E-state index contributed by atoms with van der Waals surface area (Å²) in [6, 6.07) is 9.91. The Labute approximate surface area is 210 Å². The number of carbonyl (C=O) groups excluding carboxylic acids is 1. The lowest BCUT2D eigenvalue weighted by atomic mass is 10.1. The normalized spacial score (nSPS) is 19.5. The van der Waals surface area contributed by atoms with Crippen LogP contribution < -0.4 is 9.64 Å². The molecule has 186 valence electrons. The molecule has 0 N–H and O–H groups in total. The highest BCUT2D eigenvalue weighted by molar-refractivity contribution is 7.89. The molecule has 1 amide bonds. The van der Waals surface area contributed by atoms with Crippen LogP contribution >= 0.6 is 11.3 Å². The molecule has 35 heavy (non-hydrogen) atoms. The second kappa shape index (κ2) is 9.40. The lowest BCUT2D eigenvalue weighted by molar-refractivity contribution is -0.134. The Kier molecular flexibility index (Phi) is 6.45. The molecule has 2 aromatic carbocycles. The van der Waals surface area contributed by atoms with Gasteiger partial charge < -0.3 is 14.5 Å². The van der Waals surface area contributed by atoms with Crippen LogP contribution in [0.15, 0.2) is 41.3 Å². The number of aryl methyl sites for hydroxylation is 2. The second-order valence-corrected chi connectivity index (χ2v) is 12.0. The molecule has 0 saturated carbocycles. The highest BCUT2D eigenvalue weighted by Gasteiger charge is 2.41. The maximum absolute atomic E-state index is 13.4. The molecule has 1 atom stereocenters. The van der Waals surface area contributed by atoms with E-state index in [9.17, 15) is 13.2 Å². The zero-order valence-electron chi connectivity index (χ0n) is 20.2. The largest absolute Gasteiger partial charge is 0.497 e. The molecule has 10 heteroatoms. The Hall–Kier alpha value is -2.69. The number of rotatable bonds is 5. The Bertz CT molecular complexity index is 1310. The zero-order chi connectivity index (χ0) is 24.7. The van der Waals surface area contributed by atoms with E-state index in [1.807, 2.05) is 4.90 Å². The van der Waals surface area contributed by atoms with E-state index in [0.717, 1.165) is 10.6 Å². The fourth-order valence-electron chi connectivity index (χ4n) is 4.87. The third-order valence-electron chi connectivity index (χ3n) is 6.95. The van der Waals surface area contributed by atoms with E-state index in [1.165, 1.54) is 39.4 Å². The van der Waals surface area contributed by atoms with Crippen molar-refractivity contribution in [3.63, 3.8) is 0 Å². The van der Waals surface area contributed by atoms with Gasteiger partial charge in [-0.15, -0.1) is 0 Å². The third-order valence-corrected chi connectivity index (χ3v) is 10.1. The van der Waals surface area contributed by atoms with E-state index >= 15 is 0 Å². The highest BCUT2D eigenvalue weighted by Crippen LogP contribution is 2.34. The van der Waals surface area contributed by atoms with Crippen molar-refractivity contribution in [1.29, 1.82) is 0 Å². The summed E-state index contributed by atoms with van der Waals surface area (Å²) >= 11 is 1.70. The smallest absolute Gasteiger partial charge is 0.243 e. The predicted molar refractivity (Wildman–Crippen MR) is 138 cm³/mol. The van der Waals surface area contributed by atoms with Crippen molar-refractivity contribution in [2.45, 2.75) is 37.6 Å². The molecule has 2 saturated heterocycles. The number of hydrogen-bond acceptors (Lipinski definition) is 7. The number of ether oxygens (including phenoxy) is 1. The fourth-order valence-corrected chi connectivity index (χ4v) is 7.68. The van der Waals surface area contributed by atoms with Crippen molar-refractivity contribution < 1.29 is 17.9 Å². The fraction of sp³-hybridized carbons (Fsp3) is 0.440. The molecule has 5 rings (SSSR count). The van der Waals surface area contributed by atoms with Crippen molar-refractivity contribution in [1.82, 2.24) is 14.2 Å². The number of sulfonamides is 1. The van der Waals surface area contributed by atoms with Gasteiger partial charge in [0.2, 0.25) is 15.9 Å². The standard InChI is InChI=1S/C25H30N4O4S2/c1-17-6-7-18(2)23-22(17)26-25(34-23)28-15-13-27(14-16-28)24(30)21-5-4-12-29(21)35(31,32)20-10-8-19(33-3)9-11-20/h6-11,21H,4-5,12-16H2,1-3H3. The van der Waals surface area contributed by atoms with Gasteiger partial charge in [0.05, 0.1) is 22.2 Å². The first-order valence-electron chi connectivity index (χ1n) is 11.9. The molecule has 0 bridgehead atoms. The summed E-state index contributed by atoms with van der Waals surface area (Å²) in [5.74, 6) is 0.490. The Morgan fingerprint density at radius 2 is 1.69 bits per heavy atom. The van der Waals surface area contributed by atoms with Crippen molar-refractivity contribution in [3.8, 4) is 5.75 Å². The number of carbonyl (C=O) groups is 1. The third kappa shape index (κ3) is 4.39. The Morgan fingerprint density at radius 3 is 2.34 bits per heavy atom. The van der Waals surface area contributed by atoms with Gasteiger partial charge in [-0.3, -0.25) is 4.79 Å². The summed E-state index contributed by atoms with van der Waals surface area (Å²) in [5, 5.41) is 0.981. The lowest BCUT2D eigenvalue weighted by Gasteiger charge is -2.37. The van der Waals surface area contributed by atoms with E-state index < -0.39 is 16.1 Å². The number of thiazole rings is 1. The van der Waals surface area contributed by atoms with Crippen LogP contribution in [0.5, 0.6) is 5.75 Å². The van der Waals surface area contributed by atoms with E-state index in [2.05, 4.69) is 30.9 Å². The second-order valence-electron chi connectivity index (χ2n) is 9.14. The molecule has 3 heterocycles. The van der Waals surface area contributed by atoms with Crippen molar-refractivity contribution in [2.24, 2.45) is 0 Å². The number of benzene rings is 2. The van der Waals surface area contributed by atoms with Crippen LogP contribution in [-0.2, 0) is 14.8 Å². The molecule has 8 nitrogen and oxygen atoms in total. The quantitative estimate of drug-likeness (QED) is 0.519.